The third-order valence-corrected chi connectivity index (χ3v) is 9.32. The van der Waals surface area contributed by atoms with Gasteiger partial charge in [-0.3, -0.25) is 15.0 Å². The number of fused-ring (bicyclic) bond motifs is 3. The van der Waals surface area contributed by atoms with Crippen molar-refractivity contribution in [3.63, 3.8) is 0 Å². The molecule has 2 N–H and O–H groups in total. The molecule has 0 bridgehead atoms. The zero-order valence-corrected chi connectivity index (χ0v) is 24.7. The molecule has 0 radical (unpaired) electrons. The first-order valence-electron chi connectivity index (χ1n) is 14.9. The van der Waals surface area contributed by atoms with Crippen LogP contribution in [0.2, 0.25) is 5.02 Å². The molecule has 7 rings (SSSR count). The Kier molecular flexibility index (Phi) is 7.43. The van der Waals surface area contributed by atoms with Crippen molar-refractivity contribution in [1.82, 2.24) is 30.5 Å². The summed E-state index contributed by atoms with van der Waals surface area (Å²) in [7, 11) is 0. The number of hydrazine groups is 1. The van der Waals surface area contributed by atoms with Crippen molar-refractivity contribution in [2.24, 2.45) is 0 Å². The summed E-state index contributed by atoms with van der Waals surface area (Å²) in [5.41, 5.74) is 3.89. The Hall–Kier alpha value is -3.41. The SMILES string of the molecule is C/C=C\c1c(Cl)cc2[nH]ncc2c1-c1c(F)cc2c(N3CCCCCN3)nc(OC[C@@]34CCCN3C[C@H](F)C4)nc2c1F. The summed E-state index contributed by atoms with van der Waals surface area (Å²) in [6, 6.07) is 2.95. The van der Waals surface area contributed by atoms with Gasteiger partial charge in [-0.15, -0.1) is 0 Å². The van der Waals surface area contributed by atoms with E-state index in [1.54, 1.807) is 18.2 Å². The van der Waals surface area contributed by atoms with Crippen LogP contribution in [0.3, 0.4) is 0 Å². The Morgan fingerprint density at radius 1 is 1.12 bits per heavy atom. The van der Waals surface area contributed by atoms with Crippen molar-refractivity contribution in [3.8, 4) is 17.1 Å². The number of rotatable bonds is 6. The van der Waals surface area contributed by atoms with Gasteiger partial charge in [-0.05, 0) is 51.3 Å². The monoisotopic (exact) mass is 611 g/mol. The lowest BCUT2D eigenvalue weighted by molar-refractivity contribution is 0.107. The first-order valence-corrected chi connectivity index (χ1v) is 15.3. The van der Waals surface area contributed by atoms with Crippen LogP contribution in [0.5, 0.6) is 6.01 Å². The van der Waals surface area contributed by atoms with Gasteiger partial charge in [-0.1, -0.05) is 30.2 Å². The van der Waals surface area contributed by atoms with Crippen LogP contribution in [0.1, 0.15) is 51.0 Å². The topological polar surface area (TPSA) is 82.2 Å². The van der Waals surface area contributed by atoms with E-state index in [0.717, 1.165) is 38.6 Å². The molecule has 0 spiro atoms. The Balaban J connectivity index is 1.40. The average Bonchev–Trinajstić information content (AvgIpc) is 3.60. The van der Waals surface area contributed by atoms with Crippen LogP contribution < -0.4 is 15.2 Å². The second-order valence-corrected chi connectivity index (χ2v) is 12.1. The molecule has 0 aliphatic carbocycles. The molecule has 4 aromatic rings. The summed E-state index contributed by atoms with van der Waals surface area (Å²) in [5, 5.41) is 9.86. The molecule has 3 saturated heterocycles. The van der Waals surface area contributed by atoms with Crippen molar-refractivity contribution < 1.29 is 17.9 Å². The van der Waals surface area contributed by atoms with Crippen molar-refractivity contribution in [2.75, 3.05) is 37.8 Å². The summed E-state index contributed by atoms with van der Waals surface area (Å²) in [6.07, 6.45) is 9.16. The van der Waals surface area contributed by atoms with Gasteiger partial charge in [0.2, 0.25) is 0 Å². The Morgan fingerprint density at radius 3 is 2.86 bits per heavy atom. The summed E-state index contributed by atoms with van der Waals surface area (Å²) in [5.74, 6) is -1.27. The Morgan fingerprint density at radius 2 is 2.00 bits per heavy atom. The molecule has 3 fully saturated rings. The highest BCUT2D eigenvalue weighted by molar-refractivity contribution is 6.34. The summed E-state index contributed by atoms with van der Waals surface area (Å²) < 4.78 is 53.7. The van der Waals surface area contributed by atoms with E-state index in [9.17, 15) is 4.39 Å². The second kappa shape index (κ2) is 11.3. The minimum absolute atomic E-state index is 0.0261. The molecule has 3 aliphatic heterocycles. The molecule has 3 aliphatic rings. The smallest absolute Gasteiger partial charge is 0.319 e. The number of alkyl halides is 1. The van der Waals surface area contributed by atoms with Crippen LogP contribution in [-0.2, 0) is 0 Å². The lowest BCUT2D eigenvalue weighted by Crippen LogP contribution is -2.43. The number of aromatic nitrogens is 4. The highest BCUT2D eigenvalue weighted by atomic mass is 35.5. The maximum absolute atomic E-state index is 16.8. The molecular weight excluding hydrogens is 579 g/mol. The molecule has 8 nitrogen and oxygen atoms in total. The lowest BCUT2D eigenvalue weighted by Gasteiger charge is -2.31. The molecule has 2 aromatic heterocycles. The van der Waals surface area contributed by atoms with Gasteiger partial charge in [0, 0.05) is 42.6 Å². The Bertz CT molecular complexity index is 1720. The van der Waals surface area contributed by atoms with E-state index in [2.05, 4.69) is 30.5 Å². The molecule has 5 heterocycles. The van der Waals surface area contributed by atoms with E-state index in [0.29, 0.717) is 53.4 Å². The number of nitrogens with zero attached hydrogens (tertiary/aromatic N) is 5. The number of benzene rings is 2. The zero-order valence-electron chi connectivity index (χ0n) is 23.9. The van der Waals surface area contributed by atoms with E-state index in [4.69, 9.17) is 16.3 Å². The van der Waals surface area contributed by atoms with E-state index in [-0.39, 0.29) is 34.6 Å². The normalized spacial score (nSPS) is 23.1. The van der Waals surface area contributed by atoms with Gasteiger partial charge in [-0.25, -0.2) is 18.6 Å². The quantitative estimate of drug-likeness (QED) is 0.255. The molecular formula is C31H33ClF3N7O. The van der Waals surface area contributed by atoms with Crippen LogP contribution in [0.25, 0.3) is 39.0 Å². The van der Waals surface area contributed by atoms with Gasteiger partial charge in [-0.2, -0.15) is 15.1 Å². The van der Waals surface area contributed by atoms with E-state index >= 15 is 8.78 Å². The van der Waals surface area contributed by atoms with E-state index < -0.39 is 23.3 Å². The predicted octanol–water partition coefficient (Wildman–Crippen LogP) is 6.59. The fraction of sp³-hybridized carbons (Fsp3) is 0.452. The van der Waals surface area contributed by atoms with E-state index in [1.807, 2.05) is 11.9 Å². The number of ether oxygens (including phenoxy) is 1. The number of allylic oxidation sites excluding steroid dienone is 1. The molecule has 2 atom stereocenters. The average molecular weight is 612 g/mol. The van der Waals surface area contributed by atoms with Crippen LogP contribution >= 0.6 is 11.6 Å². The molecule has 43 heavy (non-hydrogen) atoms. The minimum Gasteiger partial charge on any atom is -0.461 e. The van der Waals surface area contributed by atoms with Crippen LogP contribution in [-0.4, -0.2) is 69.6 Å². The van der Waals surface area contributed by atoms with Gasteiger partial charge in [0.1, 0.15) is 24.1 Å². The zero-order chi connectivity index (χ0) is 29.7. The lowest BCUT2D eigenvalue weighted by atomic mass is 9.93. The summed E-state index contributed by atoms with van der Waals surface area (Å²) >= 11 is 6.61. The molecule has 2 aromatic carbocycles. The maximum Gasteiger partial charge on any atom is 0.319 e. The fourth-order valence-electron chi connectivity index (χ4n) is 7.03. The first-order chi connectivity index (χ1) is 20.9. The second-order valence-electron chi connectivity index (χ2n) is 11.7. The molecule has 226 valence electrons. The molecule has 0 amide bonds. The van der Waals surface area contributed by atoms with Gasteiger partial charge in [0.05, 0.1) is 33.2 Å². The van der Waals surface area contributed by atoms with Crippen LogP contribution in [0.4, 0.5) is 19.0 Å². The minimum atomic E-state index is -0.912. The largest absolute Gasteiger partial charge is 0.461 e. The third-order valence-electron chi connectivity index (χ3n) is 9.01. The predicted molar refractivity (Wildman–Crippen MR) is 162 cm³/mol. The highest BCUT2D eigenvalue weighted by Crippen LogP contribution is 2.43. The van der Waals surface area contributed by atoms with Crippen LogP contribution in [0.15, 0.2) is 24.4 Å². The number of hydrogen-bond acceptors (Lipinski definition) is 7. The molecule has 0 saturated carbocycles. The number of aromatic amines is 1. The molecule has 0 unspecified atom stereocenters. The first kappa shape index (κ1) is 28.4. The number of H-pyrrole nitrogens is 1. The number of halogens is 4. The van der Waals surface area contributed by atoms with Gasteiger partial charge >= 0.3 is 6.01 Å². The van der Waals surface area contributed by atoms with Crippen molar-refractivity contribution in [3.05, 3.63) is 46.6 Å². The number of hydrogen-bond donors (Lipinski definition) is 2. The third kappa shape index (κ3) is 4.91. The van der Waals surface area contributed by atoms with Gasteiger partial charge in [0.25, 0.3) is 0 Å². The fourth-order valence-corrected chi connectivity index (χ4v) is 7.29. The number of nitrogens with one attached hydrogen (secondary N) is 2. The molecule has 12 heteroatoms. The van der Waals surface area contributed by atoms with Crippen molar-refractivity contribution in [1.29, 1.82) is 0 Å². The summed E-state index contributed by atoms with van der Waals surface area (Å²) in [4.78, 5) is 11.3. The number of anilines is 1. The van der Waals surface area contributed by atoms with Crippen molar-refractivity contribution in [2.45, 2.75) is 57.2 Å². The maximum atomic E-state index is 16.8. The van der Waals surface area contributed by atoms with E-state index in [1.165, 1.54) is 12.3 Å². The van der Waals surface area contributed by atoms with Gasteiger partial charge in [0.15, 0.2) is 11.6 Å². The van der Waals surface area contributed by atoms with Crippen molar-refractivity contribution >= 4 is 45.3 Å². The summed E-state index contributed by atoms with van der Waals surface area (Å²) in [6.45, 7) is 4.51. The van der Waals surface area contributed by atoms with Gasteiger partial charge < -0.3 is 4.74 Å². The van der Waals surface area contributed by atoms with Crippen LogP contribution in [0, 0.1) is 11.6 Å². The Labute approximate surface area is 252 Å². The standard InChI is InChI=1S/C31H33ClF3N7O/c1-2-7-19-22(32)13-24-21(15-36-40-24)25(19)26-23(34)12-20-28(27(26)35)38-30(39-29(20)42-11-5-3-4-9-37-42)43-17-31-8-6-10-41(31)16-18(33)14-31/h2,7,12-13,15,18,37H,3-6,8-11,14,16-17H2,1H3,(H,36,40)/b7-2-/t18-,31+/m1/s1. The highest BCUT2D eigenvalue weighted by Gasteiger charge is 2.49.